The number of nitriles is 1. The van der Waals surface area contributed by atoms with E-state index in [0.717, 1.165) is 43.7 Å². The van der Waals surface area contributed by atoms with Crippen LogP contribution in [-0.2, 0) is 6.42 Å². The van der Waals surface area contributed by atoms with Gasteiger partial charge in [-0.3, -0.25) is 4.79 Å². The fourth-order valence-electron chi connectivity index (χ4n) is 5.37. The number of benzene rings is 2. The number of rotatable bonds is 11. The lowest BCUT2D eigenvalue weighted by molar-refractivity contribution is 0.291. The molecule has 1 unspecified atom stereocenters. The first-order valence-corrected chi connectivity index (χ1v) is 13.4. The molecule has 0 bridgehead atoms. The lowest BCUT2D eigenvalue weighted by atomic mass is 9.84. The third-order valence-corrected chi connectivity index (χ3v) is 7.54. The standard InChI is InChI=1S/C30H35ClN2O2/c31-27-17-8-16-26-28(34)21-29(35-30(26)27)25-15-5-4-12-23(25)13-6-7-19-33-24(14-9-18-32)20-22-10-2-1-3-11-22/h4-5,8,12,15-17,21-22,24,33H,1-3,6-7,9-11,13-14,19-20H2. The molecule has 1 N–H and O–H groups in total. The largest absolute Gasteiger partial charge is 0.454 e. The Morgan fingerprint density at radius 2 is 1.91 bits per heavy atom. The van der Waals surface area contributed by atoms with E-state index in [2.05, 4.69) is 17.5 Å². The Balaban J connectivity index is 1.35. The minimum Gasteiger partial charge on any atom is -0.454 e. The van der Waals surface area contributed by atoms with Crippen molar-refractivity contribution in [2.45, 2.75) is 76.7 Å². The zero-order valence-corrected chi connectivity index (χ0v) is 21.2. The van der Waals surface area contributed by atoms with Gasteiger partial charge in [0.1, 0.15) is 5.76 Å². The highest BCUT2D eigenvalue weighted by Gasteiger charge is 2.18. The van der Waals surface area contributed by atoms with Gasteiger partial charge < -0.3 is 9.73 Å². The molecule has 1 aromatic heterocycles. The van der Waals surface area contributed by atoms with Gasteiger partial charge in [-0.05, 0) is 62.3 Å². The number of unbranched alkanes of at least 4 members (excludes halogenated alkanes) is 1. The van der Waals surface area contributed by atoms with Gasteiger partial charge in [-0.1, -0.05) is 74.0 Å². The predicted molar refractivity (Wildman–Crippen MR) is 144 cm³/mol. The molecular formula is C30H35ClN2O2. The molecule has 1 heterocycles. The molecule has 0 aliphatic heterocycles. The Bertz CT molecular complexity index is 1210. The summed E-state index contributed by atoms with van der Waals surface area (Å²) in [4.78, 5) is 12.7. The zero-order chi connectivity index (χ0) is 24.5. The average Bonchev–Trinajstić information content (AvgIpc) is 2.88. The first-order chi connectivity index (χ1) is 17.2. The summed E-state index contributed by atoms with van der Waals surface area (Å²) in [5.41, 5.74) is 2.48. The molecule has 4 nitrogen and oxygen atoms in total. The monoisotopic (exact) mass is 490 g/mol. The number of hydrogen-bond donors (Lipinski definition) is 1. The summed E-state index contributed by atoms with van der Waals surface area (Å²) in [5, 5.41) is 13.7. The third-order valence-electron chi connectivity index (χ3n) is 7.24. The van der Waals surface area contributed by atoms with Gasteiger partial charge >= 0.3 is 0 Å². The van der Waals surface area contributed by atoms with Gasteiger partial charge in [0.15, 0.2) is 11.0 Å². The first kappa shape index (κ1) is 25.5. The number of fused-ring (bicyclic) bond motifs is 1. The Hall–Kier alpha value is -2.61. The maximum Gasteiger partial charge on any atom is 0.193 e. The summed E-state index contributed by atoms with van der Waals surface area (Å²) < 4.78 is 6.10. The van der Waals surface area contributed by atoms with Crippen LogP contribution in [0.15, 0.2) is 57.7 Å². The summed E-state index contributed by atoms with van der Waals surface area (Å²) in [5.74, 6) is 1.38. The summed E-state index contributed by atoms with van der Waals surface area (Å²) in [6.45, 7) is 0.964. The summed E-state index contributed by atoms with van der Waals surface area (Å²) in [6.07, 6.45) is 12.6. The maximum atomic E-state index is 12.7. The number of nitrogens with zero attached hydrogens (tertiary/aromatic N) is 1. The van der Waals surface area contributed by atoms with E-state index < -0.39 is 0 Å². The molecule has 5 heteroatoms. The molecule has 1 saturated carbocycles. The van der Waals surface area contributed by atoms with E-state index in [0.29, 0.717) is 34.2 Å². The Labute approximate surface area is 213 Å². The lowest BCUT2D eigenvalue weighted by Gasteiger charge is -2.27. The fraction of sp³-hybridized carbons (Fsp3) is 0.467. The number of aryl methyl sites for hydroxylation is 1. The molecule has 0 radical (unpaired) electrons. The molecule has 0 spiro atoms. The molecular weight excluding hydrogens is 456 g/mol. The van der Waals surface area contributed by atoms with Crippen molar-refractivity contribution in [2.75, 3.05) is 6.54 Å². The number of para-hydroxylation sites is 1. The lowest BCUT2D eigenvalue weighted by Crippen LogP contribution is -2.32. The first-order valence-electron chi connectivity index (χ1n) is 13.1. The van der Waals surface area contributed by atoms with Gasteiger partial charge in [-0.25, -0.2) is 0 Å². The molecule has 3 aromatic rings. The van der Waals surface area contributed by atoms with E-state index in [9.17, 15) is 4.79 Å². The summed E-state index contributed by atoms with van der Waals surface area (Å²) >= 11 is 6.31. The maximum absolute atomic E-state index is 12.7. The second-order valence-electron chi connectivity index (χ2n) is 9.79. The topological polar surface area (TPSA) is 66.0 Å². The van der Waals surface area contributed by atoms with Crippen LogP contribution in [0.3, 0.4) is 0 Å². The van der Waals surface area contributed by atoms with Crippen molar-refractivity contribution >= 4 is 22.6 Å². The molecule has 35 heavy (non-hydrogen) atoms. The summed E-state index contributed by atoms with van der Waals surface area (Å²) in [6, 6.07) is 17.7. The van der Waals surface area contributed by atoms with E-state index >= 15 is 0 Å². The van der Waals surface area contributed by atoms with Crippen molar-refractivity contribution in [1.29, 1.82) is 5.26 Å². The molecule has 1 fully saturated rings. The predicted octanol–water partition coefficient (Wildman–Crippen LogP) is 7.67. The molecule has 184 valence electrons. The number of nitrogens with one attached hydrogen (secondary N) is 1. The second kappa shape index (κ2) is 12.9. The summed E-state index contributed by atoms with van der Waals surface area (Å²) in [7, 11) is 0. The highest BCUT2D eigenvalue weighted by atomic mass is 35.5. The third kappa shape index (κ3) is 6.97. The van der Waals surface area contributed by atoms with Crippen LogP contribution in [0.5, 0.6) is 0 Å². The van der Waals surface area contributed by atoms with E-state index in [1.807, 2.05) is 18.2 Å². The number of halogens is 1. The van der Waals surface area contributed by atoms with Crippen molar-refractivity contribution in [2.24, 2.45) is 5.92 Å². The Morgan fingerprint density at radius 3 is 2.74 bits per heavy atom. The molecule has 1 aliphatic rings. The van der Waals surface area contributed by atoms with Gasteiger partial charge in [0.05, 0.1) is 16.5 Å². The van der Waals surface area contributed by atoms with E-state index in [-0.39, 0.29) is 5.43 Å². The van der Waals surface area contributed by atoms with E-state index in [4.69, 9.17) is 21.3 Å². The smallest absolute Gasteiger partial charge is 0.193 e. The van der Waals surface area contributed by atoms with Crippen molar-refractivity contribution in [3.05, 3.63) is 69.3 Å². The van der Waals surface area contributed by atoms with E-state index in [1.54, 1.807) is 24.3 Å². The normalized spacial score (nSPS) is 15.2. The molecule has 2 aromatic carbocycles. The molecule has 4 rings (SSSR count). The van der Waals surface area contributed by atoms with Gasteiger partial charge in [0, 0.05) is 24.1 Å². The molecule has 1 aliphatic carbocycles. The highest BCUT2D eigenvalue weighted by molar-refractivity contribution is 6.34. The second-order valence-corrected chi connectivity index (χ2v) is 10.2. The van der Waals surface area contributed by atoms with Crippen molar-refractivity contribution < 1.29 is 4.42 Å². The zero-order valence-electron chi connectivity index (χ0n) is 20.4. The van der Waals surface area contributed by atoms with Crippen LogP contribution in [-0.4, -0.2) is 12.6 Å². The quantitative estimate of drug-likeness (QED) is 0.280. The van der Waals surface area contributed by atoms with Crippen molar-refractivity contribution in [3.8, 4) is 17.4 Å². The van der Waals surface area contributed by atoms with Crippen LogP contribution < -0.4 is 10.7 Å². The number of hydrogen-bond acceptors (Lipinski definition) is 4. The van der Waals surface area contributed by atoms with Gasteiger partial charge in [0.2, 0.25) is 0 Å². The minimum absolute atomic E-state index is 0.0795. The minimum atomic E-state index is -0.0795. The van der Waals surface area contributed by atoms with Crippen molar-refractivity contribution in [3.63, 3.8) is 0 Å². The average molecular weight is 491 g/mol. The fourth-order valence-corrected chi connectivity index (χ4v) is 5.58. The van der Waals surface area contributed by atoms with Crippen LogP contribution in [0.25, 0.3) is 22.3 Å². The molecule has 0 amide bonds. The van der Waals surface area contributed by atoms with Crippen LogP contribution in [0.1, 0.15) is 69.8 Å². The van der Waals surface area contributed by atoms with Gasteiger partial charge in [0.25, 0.3) is 0 Å². The Kier molecular flexibility index (Phi) is 9.40. The van der Waals surface area contributed by atoms with Gasteiger partial charge in [-0.15, -0.1) is 0 Å². The van der Waals surface area contributed by atoms with Gasteiger partial charge in [-0.2, -0.15) is 5.26 Å². The van der Waals surface area contributed by atoms with Crippen LogP contribution in [0.2, 0.25) is 5.02 Å². The highest BCUT2D eigenvalue weighted by Crippen LogP contribution is 2.30. The molecule has 1 atom stereocenters. The van der Waals surface area contributed by atoms with Crippen LogP contribution in [0.4, 0.5) is 0 Å². The van der Waals surface area contributed by atoms with Crippen molar-refractivity contribution in [1.82, 2.24) is 5.32 Å². The van der Waals surface area contributed by atoms with Crippen LogP contribution in [0, 0.1) is 17.2 Å². The van der Waals surface area contributed by atoms with E-state index in [1.165, 1.54) is 44.1 Å². The Morgan fingerprint density at radius 1 is 1.09 bits per heavy atom. The SMILES string of the molecule is N#CCCC(CC1CCCCC1)NCCCCc1ccccc1-c1cc(=O)c2cccc(Cl)c2o1. The molecule has 0 saturated heterocycles. The van der Waals surface area contributed by atoms with Crippen LogP contribution >= 0.6 is 11.6 Å².